The highest BCUT2D eigenvalue weighted by Gasteiger charge is 1.97. The fourth-order valence-corrected chi connectivity index (χ4v) is 2.81. The van der Waals surface area contributed by atoms with Crippen molar-refractivity contribution in [3.05, 3.63) is 53.6 Å². The summed E-state index contributed by atoms with van der Waals surface area (Å²) in [5.74, 6) is 7.40. The number of nitrogens with zero attached hydrogens (tertiary/aromatic N) is 2. The van der Waals surface area contributed by atoms with E-state index in [2.05, 4.69) is 59.9 Å². The topological polar surface area (TPSA) is 35.0 Å². The molecule has 1 heterocycles. The molecule has 144 valence electrons. The predicted molar refractivity (Wildman–Crippen MR) is 112 cm³/mol. The van der Waals surface area contributed by atoms with Crippen LogP contribution in [0.2, 0.25) is 0 Å². The number of rotatable bonds is 11. The molecule has 3 heteroatoms. The Kier molecular flexibility index (Phi) is 10.0. The van der Waals surface area contributed by atoms with Crippen LogP contribution in [0, 0.1) is 11.8 Å². The Morgan fingerprint density at radius 3 is 2.11 bits per heavy atom. The highest BCUT2D eigenvalue weighted by molar-refractivity contribution is 5.39. The fourth-order valence-electron chi connectivity index (χ4n) is 2.81. The lowest BCUT2D eigenvalue weighted by Gasteiger charge is -2.04. The van der Waals surface area contributed by atoms with Gasteiger partial charge in [-0.15, -0.1) is 0 Å². The van der Waals surface area contributed by atoms with Gasteiger partial charge in [-0.2, -0.15) is 0 Å². The van der Waals surface area contributed by atoms with Crippen molar-refractivity contribution < 1.29 is 4.74 Å². The van der Waals surface area contributed by atoms with Gasteiger partial charge in [-0.25, -0.2) is 9.97 Å². The Bertz CT molecular complexity index is 696. The number of hydrogen-bond acceptors (Lipinski definition) is 3. The van der Waals surface area contributed by atoms with Crippen LogP contribution in [0.3, 0.4) is 0 Å². The first-order valence-corrected chi connectivity index (χ1v) is 10.4. The summed E-state index contributed by atoms with van der Waals surface area (Å²) in [5.41, 5.74) is 2.38. The monoisotopic (exact) mass is 364 g/mol. The van der Waals surface area contributed by atoms with Crippen molar-refractivity contribution in [1.29, 1.82) is 0 Å². The Morgan fingerprint density at radius 1 is 0.778 bits per heavy atom. The van der Waals surface area contributed by atoms with E-state index >= 15 is 0 Å². The fraction of sp³-hybridized carbons (Fsp3) is 0.500. The van der Waals surface area contributed by atoms with Gasteiger partial charge in [-0.05, 0) is 42.9 Å². The van der Waals surface area contributed by atoms with Crippen molar-refractivity contribution in [2.45, 2.75) is 71.6 Å². The maximum Gasteiger partial charge on any atom is 0.205 e. The Labute approximate surface area is 164 Å². The quantitative estimate of drug-likeness (QED) is 0.364. The molecule has 0 aliphatic carbocycles. The molecule has 0 unspecified atom stereocenters. The van der Waals surface area contributed by atoms with Crippen LogP contribution in [0.1, 0.15) is 82.2 Å². The standard InChI is InChI=1S/C24H32N2O/c1-3-5-7-9-11-21-12-14-22(15-13-21)16-17-24-25-19-23(20-26-24)27-18-10-8-6-4-2/h12-15,19-20H,3-11,18H2,1-2H3. The highest BCUT2D eigenvalue weighted by Crippen LogP contribution is 2.10. The summed E-state index contributed by atoms with van der Waals surface area (Å²) in [6, 6.07) is 8.50. The molecule has 0 amide bonds. The molecular formula is C24H32N2O. The van der Waals surface area contributed by atoms with E-state index in [-0.39, 0.29) is 0 Å². The summed E-state index contributed by atoms with van der Waals surface area (Å²) in [5, 5.41) is 0. The lowest BCUT2D eigenvalue weighted by molar-refractivity contribution is 0.302. The molecule has 1 aromatic carbocycles. The lowest BCUT2D eigenvalue weighted by atomic mass is 10.0. The third-order valence-electron chi connectivity index (χ3n) is 4.49. The number of aryl methyl sites for hydroxylation is 1. The van der Waals surface area contributed by atoms with Crippen molar-refractivity contribution in [2.75, 3.05) is 6.61 Å². The van der Waals surface area contributed by atoms with Crippen molar-refractivity contribution in [3.63, 3.8) is 0 Å². The predicted octanol–water partition coefficient (Wildman–Crippen LogP) is 5.96. The average Bonchev–Trinajstić information content (AvgIpc) is 2.71. The van der Waals surface area contributed by atoms with E-state index in [0.29, 0.717) is 11.6 Å². The molecule has 0 N–H and O–H groups in total. The summed E-state index contributed by atoms with van der Waals surface area (Å²) < 4.78 is 5.66. The smallest absolute Gasteiger partial charge is 0.205 e. The molecule has 0 radical (unpaired) electrons. The van der Waals surface area contributed by atoms with Gasteiger partial charge in [0.05, 0.1) is 19.0 Å². The van der Waals surface area contributed by atoms with Gasteiger partial charge >= 0.3 is 0 Å². The normalized spacial score (nSPS) is 10.3. The molecule has 0 bridgehead atoms. The number of unbranched alkanes of at least 4 members (excludes halogenated alkanes) is 6. The first-order valence-electron chi connectivity index (χ1n) is 10.4. The Morgan fingerprint density at radius 2 is 1.44 bits per heavy atom. The van der Waals surface area contributed by atoms with Gasteiger partial charge in [0.2, 0.25) is 5.82 Å². The van der Waals surface area contributed by atoms with Gasteiger partial charge < -0.3 is 4.74 Å². The molecule has 0 fully saturated rings. The second-order valence-corrected chi connectivity index (χ2v) is 6.91. The van der Waals surface area contributed by atoms with Gasteiger partial charge in [0.25, 0.3) is 0 Å². The largest absolute Gasteiger partial charge is 0.490 e. The SMILES string of the molecule is CCCCCCOc1cnc(C#Cc2ccc(CCCCCC)cc2)nc1. The van der Waals surface area contributed by atoms with E-state index in [1.807, 2.05) is 0 Å². The maximum absolute atomic E-state index is 5.66. The van der Waals surface area contributed by atoms with Crippen molar-refractivity contribution >= 4 is 0 Å². The van der Waals surface area contributed by atoms with E-state index in [1.54, 1.807) is 12.4 Å². The van der Waals surface area contributed by atoms with E-state index in [9.17, 15) is 0 Å². The maximum atomic E-state index is 5.66. The van der Waals surface area contributed by atoms with Gasteiger partial charge in [0, 0.05) is 5.56 Å². The average molecular weight is 365 g/mol. The molecule has 0 saturated carbocycles. The van der Waals surface area contributed by atoms with Crippen LogP contribution in [0.25, 0.3) is 0 Å². The van der Waals surface area contributed by atoms with Crippen LogP contribution >= 0.6 is 0 Å². The zero-order valence-corrected chi connectivity index (χ0v) is 16.8. The minimum absolute atomic E-state index is 0.525. The summed E-state index contributed by atoms with van der Waals surface area (Å²) in [7, 11) is 0. The summed E-state index contributed by atoms with van der Waals surface area (Å²) in [4.78, 5) is 8.55. The van der Waals surface area contributed by atoms with Crippen molar-refractivity contribution in [1.82, 2.24) is 9.97 Å². The zero-order valence-electron chi connectivity index (χ0n) is 16.8. The first kappa shape index (κ1) is 21.0. The molecule has 0 spiro atoms. The van der Waals surface area contributed by atoms with Crippen LogP contribution in [0.15, 0.2) is 36.7 Å². The van der Waals surface area contributed by atoms with E-state index < -0.39 is 0 Å². The van der Waals surface area contributed by atoms with E-state index in [0.717, 1.165) is 25.0 Å². The summed E-state index contributed by atoms with van der Waals surface area (Å²) in [6.45, 7) is 5.17. The molecule has 1 aromatic heterocycles. The molecule has 2 rings (SSSR count). The highest BCUT2D eigenvalue weighted by atomic mass is 16.5. The van der Waals surface area contributed by atoms with Gasteiger partial charge in [-0.3, -0.25) is 0 Å². The lowest BCUT2D eigenvalue weighted by Crippen LogP contribution is -1.99. The van der Waals surface area contributed by atoms with Gasteiger partial charge in [0.15, 0.2) is 5.75 Å². The number of aromatic nitrogens is 2. The van der Waals surface area contributed by atoms with Crippen LogP contribution < -0.4 is 4.74 Å². The zero-order chi connectivity index (χ0) is 19.2. The number of ether oxygens (including phenoxy) is 1. The molecule has 0 aliphatic rings. The summed E-state index contributed by atoms with van der Waals surface area (Å²) in [6.07, 6.45) is 14.5. The third kappa shape index (κ3) is 8.73. The van der Waals surface area contributed by atoms with Gasteiger partial charge in [0.1, 0.15) is 0 Å². The molecule has 27 heavy (non-hydrogen) atoms. The molecule has 0 atom stereocenters. The third-order valence-corrected chi connectivity index (χ3v) is 4.49. The van der Waals surface area contributed by atoms with Gasteiger partial charge in [-0.1, -0.05) is 70.4 Å². The molecule has 0 aliphatic heterocycles. The second kappa shape index (κ2) is 12.9. The van der Waals surface area contributed by atoms with Crippen molar-refractivity contribution in [2.24, 2.45) is 0 Å². The molecule has 2 aromatic rings. The molecule has 0 saturated heterocycles. The van der Waals surface area contributed by atoms with E-state index in [4.69, 9.17) is 4.74 Å². The minimum Gasteiger partial charge on any atom is -0.490 e. The van der Waals surface area contributed by atoms with E-state index in [1.165, 1.54) is 50.5 Å². The number of benzene rings is 1. The second-order valence-electron chi connectivity index (χ2n) is 6.91. The van der Waals surface area contributed by atoms with Crippen LogP contribution in [0.4, 0.5) is 0 Å². The van der Waals surface area contributed by atoms with Crippen LogP contribution in [-0.4, -0.2) is 16.6 Å². The van der Waals surface area contributed by atoms with Crippen LogP contribution in [-0.2, 0) is 6.42 Å². The summed E-state index contributed by atoms with van der Waals surface area (Å²) >= 11 is 0. The Balaban J connectivity index is 1.79. The first-order chi connectivity index (χ1) is 13.3. The Hall–Kier alpha value is -2.34. The van der Waals surface area contributed by atoms with Crippen molar-refractivity contribution in [3.8, 4) is 17.6 Å². The molecule has 3 nitrogen and oxygen atoms in total. The minimum atomic E-state index is 0.525. The van der Waals surface area contributed by atoms with Crippen LogP contribution in [0.5, 0.6) is 5.75 Å². The number of hydrogen-bond donors (Lipinski definition) is 0. The molecular weight excluding hydrogens is 332 g/mol.